The average molecular weight is 334 g/mol. The van der Waals surface area contributed by atoms with Gasteiger partial charge in [-0.25, -0.2) is 9.97 Å². The standard InChI is InChI=1S/C11H19IN4/c1-5-16(9(2)7-15(3)4)11-10(12)6-13-8-14-11/h6,8-9H,5,7H2,1-4H3. The minimum absolute atomic E-state index is 0.448. The molecule has 1 heterocycles. The molecule has 1 atom stereocenters. The van der Waals surface area contributed by atoms with Crippen molar-refractivity contribution in [2.45, 2.75) is 19.9 Å². The smallest absolute Gasteiger partial charge is 0.145 e. The number of likely N-dealkylation sites (N-methyl/N-ethyl adjacent to an activating group) is 2. The van der Waals surface area contributed by atoms with Gasteiger partial charge in [-0.1, -0.05) is 0 Å². The highest BCUT2D eigenvalue weighted by molar-refractivity contribution is 14.1. The molecule has 1 unspecified atom stereocenters. The third-order valence-corrected chi connectivity index (χ3v) is 3.18. The van der Waals surface area contributed by atoms with E-state index >= 15 is 0 Å². The first-order chi connectivity index (χ1) is 7.56. The molecule has 5 heteroatoms. The van der Waals surface area contributed by atoms with Gasteiger partial charge in [0.05, 0.1) is 3.57 Å². The summed E-state index contributed by atoms with van der Waals surface area (Å²) in [4.78, 5) is 12.9. The minimum Gasteiger partial charge on any atom is -0.352 e. The summed E-state index contributed by atoms with van der Waals surface area (Å²) in [5, 5.41) is 0. The number of hydrogen-bond donors (Lipinski definition) is 0. The fourth-order valence-electron chi connectivity index (χ4n) is 1.81. The predicted octanol–water partition coefficient (Wildman–Crippen LogP) is 1.86. The maximum Gasteiger partial charge on any atom is 0.145 e. The lowest BCUT2D eigenvalue weighted by Gasteiger charge is -2.31. The van der Waals surface area contributed by atoms with Crippen LogP contribution in [0.4, 0.5) is 5.82 Å². The Hall–Kier alpha value is -0.430. The molecule has 4 nitrogen and oxygen atoms in total. The van der Waals surface area contributed by atoms with Gasteiger partial charge in [0.25, 0.3) is 0 Å². The minimum atomic E-state index is 0.448. The van der Waals surface area contributed by atoms with E-state index in [9.17, 15) is 0 Å². The molecular formula is C11H19IN4. The van der Waals surface area contributed by atoms with E-state index in [1.165, 1.54) is 0 Å². The Morgan fingerprint density at radius 3 is 2.62 bits per heavy atom. The summed E-state index contributed by atoms with van der Waals surface area (Å²) in [5.74, 6) is 1.03. The summed E-state index contributed by atoms with van der Waals surface area (Å²) in [6, 6.07) is 0.448. The van der Waals surface area contributed by atoms with Crippen LogP contribution >= 0.6 is 22.6 Å². The van der Waals surface area contributed by atoms with E-state index < -0.39 is 0 Å². The molecule has 0 aliphatic rings. The zero-order chi connectivity index (χ0) is 12.1. The monoisotopic (exact) mass is 334 g/mol. The van der Waals surface area contributed by atoms with Crippen LogP contribution in [0.5, 0.6) is 0 Å². The van der Waals surface area contributed by atoms with Gasteiger partial charge in [-0.05, 0) is 50.5 Å². The molecule has 1 aromatic rings. The molecule has 0 amide bonds. The average Bonchev–Trinajstić information content (AvgIpc) is 2.20. The second kappa shape index (κ2) is 6.34. The van der Waals surface area contributed by atoms with E-state index in [1.807, 2.05) is 6.20 Å². The second-order valence-corrected chi connectivity index (χ2v) is 5.25. The van der Waals surface area contributed by atoms with E-state index in [4.69, 9.17) is 0 Å². The van der Waals surface area contributed by atoms with E-state index in [2.05, 4.69) is 70.3 Å². The molecule has 90 valence electrons. The topological polar surface area (TPSA) is 32.3 Å². The molecule has 1 aromatic heterocycles. The summed E-state index contributed by atoms with van der Waals surface area (Å²) < 4.78 is 1.10. The molecule has 0 spiro atoms. The van der Waals surface area contributed by atoms with Gasteiger partial charge in [-0.15, -0.1) is 0 Å². The van der Waals surface area contributed by atoms with Gasteiger partial charge in [0.2, 0.25) is 0 Å². The van der Waals surface area contributed by atoms with Crippen LogP contribution in [0.3, 0.4) is 0 Å². The number of anilines is 1. The Balaban J connectivity index is 2.86. The van der Waals surface area contributed by atoms with Crippen molar-refractivity contribution in [3.8, 4) is 0 Å². The summed E-state index contributed by atoms with van der Waals surface area (Å²) in [6.07, 6.45) is 3.47. The molecule has 0 aliphatic heterocycles. The first-order valence-electron chi connectivity index (χ1n) is 5.43. The molecule has 0 saturated carbocycles. The predicted molar refractivity (Wildman–Crippen MR) is 75.8 cm³/mol. The molecule has 0 N–H and O–H groups in total. The molecule has 0 aromatic carbocycles. The molecule has 0 fully saturated rings. The van der Waals surface area contributed by atoms with Crippen LogP contribution in [0.15, 0.2) is 12.5 Å². The fourth-order valence-corrected chi connectivity index (χ4v) is 2.42. The van der Waals surface area contributed by atoms with Crippen molar-refractivity contribution in [2.75, 3.05) is 32.1 Å². The molecular weight excluding hydrogens is 315 g/mol. The van der Waals surface area contributed by atoms with Crippen molar-refractivity contribution in [3.05, 3.63) is 16.1 Å². The third kappa shape index (κ3) is 3.55. The summed E-state index contributed by atoms with van der Waals surface area (Å²) in [6.45, 7) is 6.36. The molecule has 0 aliphatic carbocycles. The highest BCUT2D eigenvalue weighted by atomic mass is 127. The van der Waals surface area contributed by atoms with Crippen LogP contribution in [-0.2, 0) is 0 Å². The van der Waals surface area contributed by atoms with Crippen molar-refractivity contribution < 1.29 is 0 Å². The van der Waals surface area contributed by atoms with Crippen LogP contribution in [0, 0.1) is 3.57 Å². The van der Waals surface area contributed by atoms with E-state index in [-0.39, 0.29) is 0 Å². The Labute approximate surface area is 111 Å². The lowest BCUT2D eigenvalue weighted by atomic mass is 10.2. The van der Waals surface area contributed by atoms with Gasteiger partial charge in [-0.3, -0.25) is 0 Å². The Morgan fingerprint density at radius 1 is 1.44 bits per heavy atom. The highest BCUT2D eigenvalue weighted by Gasteiger charge is 2.16. The SMILES string of the molecule is CCN(c1ncncc1I)C(C)CN(C)C. The highest BCUT2D eigenvalue weighted by Crippen LogP contribution is 2.20. The van der Waals surface area contributed by atoms with E-state index in [0.29, 0.717) is 6.04 Å². The number of hydrogen-bond acceptors (Lipinski definition) is 4. The molecule has 0 saturated heterocycles. The van der Waals surface area contributed by atoms with Crippen LogP contribution in [-0.4, -0.2) is 48.1 Å². The number of nitrogens with zero attached hydrogens (tertiary/aromatic N) is 4. The maximum atomic E-state index is 4.37. The lowest BCUT2D eigenvalue weighted by molar-refractivity contribution is 0.372. The van der Waals surface area contributed by atoms with Crippen LogP contribution < -0.4 is 4.90 Å². The zero-order valence-corrected chi connectivity index (χ0v) is 12.5. The van der Waals surface area contributed by atoms with Crippen LogP contribution in [0.25, 0.3) is 0 Å². The molecule has 0 bridgehead atoms. The Kier molecular flexibility index (Phi) is 5.40. The fraction of sp³-hybridized carbons (Fsp3) is 0.636. The van der Waals surface area contributed by atoms with E-state index in [0.717, 1.165) is 22.5 Å². The van der Waals surface area contributed by atoms with Crippen molar-refractivity contribution in [2.24, 2.45) is 0 Å². The molecule has 0 radical (unpaired) electrons. The summed E-state index contributed by atoms with van der Waals surface area (Å²) in [7, 11) is 4.19. The zero-order valence-electron chi connectivity index (χ0n) is 10.3. The van der Waals surface area contributed by atoms with Crippen molar-refractivity contribution in [1.29, 1.82) is 0 Å². The van der Waals surface area contributed by atoms with Gasteiger partial charge >= 0.3 is 0 Å². The molecule has 16 heavy (non-hydrogen) atoms. The van der Waals surface area contributed by atoms with E-state index in [1.54, 1.807) is 6.33 Å². The van der Waals surface area contributed by atoms with Gasteiger partial charge in [-0.2, -0.15) is 0 Å². The normalized spacial score (nSPS) is 12.9. The van der Waals surface area contributed by atoms with Gasteiger partial charge in [0.1, 0.15) is 12.1 Å². The van der Waals surface area contributed by atoms with Gasteiger partial charge in [0, 0.05) is 25.3 Å². The van der Waals surface area contributed by atoms with Gasteiger partial charge < -0.3 is 9.80 Å². The maximum absolute atomic E-state index is 4.37. The summed E-state index contributed by atoms with van der Waals surface area (Å²) >= 11 is 2.29. The Bertz CT molecular complexity index is 330. The van der Waals surface area contributed by atoms with Crippen molar-refractivity contribution >= 4 is 28.4 Å². The summed E-state index contributed by atoms with van der Waals surface area (Å²) in [5.41, 5.74) is 0. The third-order valence-electron chi connectivity index (χ3n) is 2.42. The number of rotatable bonds is 5. The largest absolute Gasteiger partial charge is 0.352 e. The lowest BCUT2D eigenvalue weighted by Crippen LogP contribution is -2.41. The number of halogens is 1. The van der Waals surface area contributed by atoms with Crippen LogP contribution in [0.1, 0.15) is 13.8 Å². The van der Waals surface area contributed by atoms with Crippen LogP contribution in [0.2, 0.25) is 0 Å². The molecule has 1 rings (SSSR count). The second-order valence-electron chi connectivity index (χ2n) is 4.09. The first kappa shape index (κ1) is 13.6. The quantitative estimate of drug-likeness (QED) is 0.770. The Morgan fingerprint density at radius 2 is 2.12 bits per heavy atom. The number of aromatic nitrogens is 2. The van der Waals surface area contributed by atoms with Crippen molar-refractivity contribution in [1.82, 2.24) is 14.9 Å². The van der Waals surface area contributed by atoms with Crippen molar-refractivity contribution in [3.63, 3.8) is 0 Å². The first-order valence-corrected chi connectivity index (χ1v) is 6.51. The van der Waals surface area contributed by atoms with Gasteiger partial charge in [0.15, 0.2) is 0 Å².